The maximum absolute atomic E-state index is 12.6. The Balaban J connectivity index is 1.54. The van der Waals surface area contributed by atoms with Crippen LogP contribution in [0.4, 0.5) is 5.82 Å². The van der Waals surface area contributed by atoms with Crippen LogP contribution in [-0.2, 0) is 12.8 Å². The highest BCUT2D eigenvalue weighted by Crippen LogP contribution is 2.27. The predicted molar refractivity (Wildman–Crippen MR) is 136 cm³/mol. The highest BCUT2D eigenvalue weighted by atomic mass is 16.1. The first-order chi connectivity index (χ1) is 15.8. The number of likely N-dealkylation sites (N-methyl/N-ethyl adjacent to an activating group) is 1. The van der Waals surface area contributed by atoms with Crippen LogP contribution >= 0.6 is 0 Å². The number of nitrogens with one attached hydrogen (secondary N) is 1. The van der Waals surface area contributed by atoms with E-state index in [2.05, 4.69) is 45.3 Å². The molecule has 3 N–H and O–H groups in total. The van der Waals surface area contributed by atoms with Crippen molar-refractivity contribution in [2.45, 2.75) is 26.7 Å². The molecule has 2 aromatic heterocycles. The van der Waals surface area contributed by atoms with Crippen LogP contribution in [0, 0.1) is 13.8 Å². The number of carbonyl (C=O) groups excluding carboxylic acids is 1. The number of amides is 1. The van der Waals surface area contributed by atoms with Crippen molar-refractivity contribution in [3.63, 3.8) is 0 Å². The summed E-state index contributed by atoms with van der Waals surface area (Å²) < 4.78 is 0. The zero-order valence-electron chi connectivity index (χ0n) is 19.8. The van der Waals surface area contributed by atoms with Gasteiger partial charge in [-0.1, -0.05) is 24.3 Å². The molecule has 0 fully saturated rings. The first kappa shape index (κ1) is 22.7. The van der Waals surface area contributed by atoms with Crippen LogP contribution in [-0.4, -0.2) is 48.0 Å². The lowest BCUT2D eigenvalue weighted by molar-refractivity contribution is 0.0950. The predicted octanol–water partition coefficient (Wildman–Crippen LogP) is 4.06. The minimum Gasteiger partial charge on any atom is -0.382 e. The van der Waals surface area contributed by atoms with Crippen molar-refractivity contribution in [2.75, 3.05) is 32.9 Å². The second-order valence-corrected chi connectivity index (χ2v) is 8.84. The summed E-state index contributed by atoms with van der Waals surface area (Å²) in [5.41, 5.74) is 13.1. The molecular weight excluding hydrogens is 410 g/mol. The van der Waals surface area contributed by atoms with Crippen LogP contribution in [0.25, 0.3) is 21.8 Å². The molecule has 0 saturated heterocycles. The lowest BCUT2D eigenvalue weighted by Gasteiger charge is -2.15. The molecule has 0 atom stereocenters. The molecule has 0 aliphatic rings. The average molecular weight is 442 g/mol. The second-order valence-electron chi connectivity index (χ2n) is 8.84. The Bertz CT molecular complexity index is 1330. The number of hydrogen-bond donors (Lipinski definition) is 2. The van der Waals surface area contributed by atoms with Crippen molar-refractivity contribution in [3.05, 3.63) is 76.5 Å². The third-order valence-electron chi connectivity index (χ3n) is 6.29. The molecule has 0 bridgehead atoms. The number of carbonyl (C=O) groups is 1. The molecule has 0 aliphatic heterocycles. The summed E-state index contributed by atoms with van der Waals surface area (Å²) in [5, 5.41) is 5.11. The third kappa shape index (κ3) is 4.81. The van der Waals surface area contributed by atoms with Crippen molar-refractivity contribution in [1.82, 2.24) is 20.2 Å². The van der Waals surface area contributed by atoms with Gasteiger partial charge in [0.2, 0.25) is 0 Å². The molecule has 2 aromatic carbocycles. The van der Waals surface area contributed by atoms with Gasteiger partial charge in [0.05, 0.1) is 5.52 Å². The molecule has 0 aliphatic carbocycles. The van der Waals surface area contributed by atoms with Crippen LogP contribution in [0.1, 0.15) is 32.6 Å². The molecule has 2 heterocycles. The van der Waals surface area contributed by atoms with E-state index in [9.17, 15) is 4.79 Å². The maximum Gasteiger partial charge on any atom is 0.251 e. The fraction of sp³-hybridized carbons (Fsp3) is 0.296. The number of fused-ring (bicyclic) bond motifs is 3. The molecule has 1 amide bonds. The van der Waals surface area contributed by atoms with E-state index in [1.54, 1.807) is 0 Å². The number of pyridine rings is 2. The number of benzene rings is 2. The van der Waals surface area contributed by atoms with E-state index in [-0.39, 0.29) is 5.91 Å². The fourth-order valence-corrected chi connectivity index (χ4v) is 4.20. The lowest BCUT2D eigenvalue weighted by atomic mass is 9.93. The van der Waals surface area contributed by atoms with Crippen LogP contribution in [0.5, 0.6) is 0 Å². The standard InChI is InChI=1S/C27H31N5O/c1-17-18(2)21(27(33)29-13-14-32(3)4)12-11-20(17)10-9-19-15-23-22-7-5-6-8-24(22)31-26(28)25(23)30-16-19/h5-8,11-12,15-16H,9-10,13-14H2,1-4H3,(H2,28,31)(H,29,33). The van der Waals surface area contributed by atoms with Gasteiger partial charge in [0, 0.05) is 35.6 Å². The highest BCUT2D eigenvalue weighted by Gasteiger charge is 2.13. The minimum atomic E-state index is -0.0131. The molecular formula is C27H31N5O. The van der Waals surface area contributed by atoms with Crippen molar-refractivity contribution >= 4 is 33.5 Å². The molecule has 0 radical (unpaired) electrons. The maximum atomic E-state index is 12.6. The zero-order valence-corrected chi connectivity index (χ0v) is 19.8. The average Bonchev–Trinajstić information content (AvgIpc) is 2.79. The summed E-state index contributed by atoms with van der Waals surface area (Å²) >= 11 is 0. The van der Waals surface area contributed by atoms with E-state index in [0.29, 0.717) is 12.4 Å². The van der Waals surface area contributed by atoms with Gasteiger partial charge in [-0.3, -0.25) is 9.78 Å². The van der Waals surface area contributed by atoms with Gasteiger partial charge in [-0.05, 0) is 81.2 Å². The van der Waals surface area contributed by atoms with Gasteiger partial charge in [0.1, 0.15) is 5.52 Å². The quantitative estimate of drug-likeness (QED) is 0.423. The van der Waals surface area contributed by atoms with Crippen LogP contribution in [0.2, 0.25) is 0 Å². The van der Waals surface area contributed by atoms with E-state index in [1.807, 2.05) is 51.5 Å². The smallest absolute Gasteiger partial charge is 0.251 e. The first-order valence-electron chi connectivity index (χ1n) is 11.3. The van der Waals surface area contributed by atoms with Crippen LogP contribution in [0.3, 0.4) is 0 Å². The first-order valence-corrected chi connectivity index (χ1v) is 11.3. The summed E-state index contributed by atoms with van der Waals surface area (Å²) in [6, 6.07) is 14.2. The Morgan fingerprint density at radius 2 is 1.82 bits per heavy atom. The summed E-state index contributed by atoms with van der Waals surface area (Å²) in [7, 11) is 3.99. The fourth-order valence-electron chi connectivity index (χ4n) is 4.20. The summed E-state index contributed by atoms with van der Waals surface area (Å²) in [6.07, 6.45) is 3.62. The number of anilines is 1. The van der Waals surface area contributed by atoms with E-state index >= 15 is 0 Å². The molecule has 33 heavy (non-hydrogen) atoms. The Labute approximate surface area is 194 Å². The van der Waals surface area contributed by atoms with Gasteiger partial charge >= 0.3 is 0 Å². The van der Waals surface area contributed by atoms with Gasteiger partial charge in [0.25, 0.3) is 5.91 Å². The van der Waals surface area contributed by atoms with E-state index in [0.717, 1.165) is 57.9 Å². The Morgan fingerprint density at radius 1 is 1.03 bits per heavy atom. The van der Waals surface area contributed by atoms with Gasteiger partial charge in [-0.25, -0.2) is 4.98 Å². The van der Waals surface area contributed by atoms with E-state index in [1.165, 1.54) is 11.1 Å². The highest BCUT2D eigenvalue weighted by molar-refractivity contribution is 6.08. The number of nitrogens with two attached hydrogens (primary N) is 1. The number of aryl methyl sites for hydroxylation is 2. The minimum absolute atomic E-state index is 0.0131. The number of para-hydroxylation sites is 1. The Morgan fingerprint density at radius 3 is 2.61 bits per heavy atom. The second kappa shape index (κ2) is 9.55. The van der Waals surface area contributed by atoms with Crippen molar-refractivity contribution in [3.8, 4) is 0 Å². The Hall–Kier alpha value is -3.51. The molecule has 0 unspecified atom stereocenters. The van der Waals surface area contributed by atoms with Crippen molar-refractivity contribution in [1.29, 1.82) is 0 Å². The Kier molecular flexibility index (Phi) is 6.56. The van der Waals surface area contributed by atoms with Crippen LogP contribution < -0.4 is 11.1 Å². The molecule has 6 heteroatoms. The van der Waals surface area contributed by atoms with Crippen molar-refractivity contribution < 1.29 is 4.79 Å². The third-order valence-corrected chi connectivity index (χ3v) is 6.29. The van der Waals surface area contributed by atoms with Crippen molar-refractivity contribution in [2.24, 2.45) is 0 Å². The molecule has 0 spiro atoms. The zero-order chi connectivity index (χ0) is 23.5. The SMILES string of the molecule is Cc1c(CCc2cnc3c(N)nc4ccccc4c3c2)ccc(C(=O)NCCN(C)C)c1C. The van der Waals surface area contributed by atoms with Gasteiger partial charge in [-0.15, -0.1) is 0 Å². The van der Waals surface area contributed by atoms with E-state index in [4.69, 9.17) is 5.73 Å². The summed E-state index contributed by atoms with van der Waals surface area (Å²) in [6.45, 7) is 5.58. The van der Waals surface area contributed by atoms with Gasteiger partial charge in [0.15, 0.2) is 5.82 Å². The number of nitrogens with zero attached hydrogens (tertiary/aromatic N) is 3. The van der Waals surface area contributed by atoms with E-state index < -0.39 is 0 Å². The topological polar surface area (TPSA) is 84.1 Å². The summed E-state index contributed by atoms with van der Waals surface area (Å²) in [4.78, 5) is 23.7. The van der Waals surface area contributed by atoms with Gasteiger partial charge in [-0.2, -0.15) is 0 Å². The molecule has 4 rings (SSSR count). The number of nitrogen functional groups attached to an aromatic ring is 1. The van der Waals surface area contributed by atoms with Crippen LogP contribution in [0.15, 0.2) is 48.7 Å². The number of aromatic nitrogens is 2. The molecule has 6 nitrogen and oxygen atoms in total. The largest absolute Gasteiger partial charge is 0.382 e. The molecule has 4 aromatic rings. The molecule has 0 saturated carbocycles. The monoisotopic (exact) mass is 441 g/mol. The number of rotatable bonds is 7. The lowest BCUT2D eigenvalue weighted by Crippen LogP contribution is -2.31. The molecule has 170 valence electrons. The van der Waals surface area contributed by atoms with Gasteiger partial charge < -0.3 is 16.0 Å². The normalized spacial score (nSPS) is 11.4. The summed E-state index contributed by atoms with van der Waals surface area (Å²) in [5.74, 6) is 0.446. The number of hydrogen-bond acceptors (Lipinski definition) is 5.